The summed E-state index contributed by atoms with van der Waals surface area (Å²) in [5.74, 6) is 2.38. The Hall–Kier alpha value is -4.04. The van der Waals surface area contributed by atoms with Crippen molar-refractivity contribution < 1.29 is 14.3 Å². The third-order valence-electron chi connectivity index (χ3n) is 6.83. The van der Waals surface area contributed by atoms with Crippen molar-refractivity contribution in [2.45, 2.75) is 19.6 Å². The molecule has 8 nitrogen and oxygen atoms in total. The van der Waals surface area contributed by atoms with Gasteiger partial charge in [-0.2, -0.15) is 0 Å². The van der Waals surface area contributed by atoms with Crippen LogP contribution in [0.2, 0.25) is 0 Å². The molecule has 4 aromatic rings. The fourth-order valence-electron chi connectivity index (χ4n) is 4.78. The summed E-state index contributed by atoms with van der Waals surface area (Å²) in [5, 5.41) is 3.03. The first-order valence-electron chi connectivity index (χ1n) is 12.6. The number of benzene rings is 3. The number of piperazine rings is 1. The topological polar surface area (TPSA) is 71.9 Å². The number of imidazole rings is 1. The molecule has 1 aliphatic heterocycles. The van der Waals surface area contributed by atoms with Crippen molar-refractivity contribution in [3.05, 3.63) is 89.7 Å². The Kier molecular flexibility index (Phi) is 7.56. The zero-order chi connectivity index (χ0) is 25.6. The van der Waals surface area contributed by atoms with E-state index in [4.69, 9.17) is 14.5 Å². The number of rotatable bonds is 8. The highest BCUT2D eigenvalue weighted by Gasteiger charge is 2.23. The molecule has 2 amide bonds. The van der Waals surface area contributed by atoms with E-state index in [1.165, 1.54) is 5.56 Å². The van der Waals surface area contributed by atoms with Crippen LogP contribution in [0.25, 0.3) is 11.0 Å². The number of hydrogen-bond acceptors (Lipinski definition) is 5. The monoisotopic (exact) mass is 499 g/mol. The van der Waals surface area contributed by atoms with E-state index in [0.29, 0.717) is 31.1 Å². The number of hydrogen-bond donors (Lipinski definition) is 1. The maximum atomic E-state index is 12.8. The Labute approximate surface area is 217 Å². The number of urea groups is 1. The third-order valence-corrected chi connectivity index (χ3v) is 6.83. The lowest BCUT2D eigenvalue weighted by Crippen LogP contribution is -2.51. The molecule has 3 aromatic carbocycles. The zero-order valence-electron chi connectivity index (χ0n) is 21.4. The quantitative estimate of drug-likeness (QED) is 0.395. The van der Waals surface area contributed by atoms with Gasteiger partial charge >= 0.3 is 6.03 Å². The summed E-state index contributed by atoms with van der Waals surface area (Å²) in [5.41, 5.74) is 4.38. The molecule has 192 valence electrons. The van der Waals surface area contributed by atoms with Gasteiger partial charge in [0.25, 0.3) is 0 Å². The molecule has 1 saturated heterocycles. The number of aromatic nitrogens is 2. The van der Waals surface area contributed by atoms with Crippen molar-refractivity contribution in [3.63, 3.8) is 0 Å². The summed E-state index contributed by atoms with van der Waals surface area (Å²) in [6.07, 6.45) is 0. The van der Waals surface area contributed by atoms with Gasteiger partial charge in [-0.1, -0.05) is 48.5 Å². The highest BCUT2D eigenvalue weighted by Crippen LogP contribution is 2.27. The number of para-hydroxylation sites is 2. The average Bonchev–Trinajstić information content (AvgIpc) is 3.29. The van der Waals surface area contributed by atoms with Crippen LogP contribution in [-0.2, 0) is 19.6 Å². The molecule has 1 aliphatic rings. The Morgan fingerprint density at radius 2 is 1.57 bits per heavy atom. The first-order chi connectivity index (χ1) is 18.1. The lowest BCUT2D eigenvalue weighted by atomic mass is 10.2. The lowest BCUT2D eigenvalue weighted by molar-refractivity contribution is 0.132. The van der Waals surface area contributed by atoms with Gasteiger partial charge in [0.1, 0.15) is 5.82 Å². The fraction of sp³-hybridized carbons (Fsp3) is 0.310. The number of carbonyl (C=O) groups is 1. The second-order valence-electron chi connectivity index (χ2n) is 9.20. The molecular weight excluding hydrogens is 466 g/mol. The summed E-state index contributed by atoms with van der Waals surface area (Å²) >= 11 is 0. The largest absolute Gasteiger partial charge is 0.493 e. The van der Waals surface area contributed by atoms with Gasteiger partial charge in [0.05, 0.1) is 31.8 Å². The maximum Gasteiger partial charge on any atom is 0.317 e. The van der Waals surface area contributed by atoms with Crippen LogP contribution >= 0.6 is 0 Å². The summed E-state index contributed by atoms with van der Waals surface area (Å²) in [4.78, 5) is 22.0. The van der Waals surface area contributed by atoms with E-state index >= 15 is 0 Å². The fourth-order valence-corrected chi connectivity index (χ4v) is 4.78. The normalized spacial score (nSPS) is 14.1. The van der Waals surface area contributed by atoms with E-state index in [1.54, 1.807) is 14.2 Å². The third kappa shape index (κ3) is 5.70. The molecule has 2 heterocycles. The summed E-state index contributed by atoms with van der Waals surface area (Å²) in [6.45, 7) is 4.94. The molecule has 5 rings (SSSR count). The van der Waals surface area contributed by atoms with Crippen molar-refractivity contribution >= 4 is 17.1 Å². The van der Waals surface area contributed by atoms with E-state index in [2.05, 4.69) is 57.2 Å². The van der Waals surface area contributed by atoms with Crippen molar-refractivity contribution in [1.29, 1.82) is 0 Å². The van der Waals surface area contributed by atoms with Gasteiger partial charge < -0.3 is 24.3 Å². The van der Waals surface area contributed by atoms with Crippen molar-refractivity contribution in [2.75, 3.05) is 40.4 Å². The molecule has 1 aromatic heterocycles. The molecule has 0 aliphatic carbocycles. The molecule has 0 saturated carbocycles. The summed E-state index contributed by atoms with van der Waals surface area (Å²) in [6, 6.07) is 24.4. The van der Waals surface area contributed by atoms with Crippen LogP contribution in [0.3, 0.4) is 0 Å². The first kappa shape index (κ1) is 24.6. The van der Waals surface area contributed by atoms with Crippen LogP contribution in [0.4, 0.5) is 4.79 Å². The summed E-state index contributed by atoms with van der Waals surface area (Å²) in [7, 11) is 3.22. The second kappa shape index (κ2) is 11.3. The number of nitrogens with one attached hydrogen (secondary N) is 1. The smallest absolute Gasteiger partial charge is 0.317 e. The van der Waals surface area contributed by atoms with E-state index in [-0.39, 0.29) is 6.03 Å². The van der Waals surface area contributed by atoms with Gasteiger partial charge in [0, 0.05) is 39.3 Å². The molecule has 1 N–H and O–H groups in total. The minimum Gasteiger partial charge on any atom is -0.493 e. The van der Waals surface area contributed by atoms with E-state index < -0.39 is 0 Å². The Morgan fingerprint density at radius 3 is 2.32 bits per heavy atom. The number of ether oxygens (including phenoxy) is 2. The Morgan fingerprint density at radius 1 is 0.838 bits per heavy atom. The van der Waals surface area contributed by atoms with Crippen LogP contribution in [0.5, 0.6) is 11.5 Å². The van der Waals surface area contributed by atoms with Crippen LogP contribution in [0.1, 0.15) is 17.0 Å². The van der Waals surface area contributed by atoms with Gasteiger partial charge in [-0.25, -0.2) is 9.78 Å². The molecule has 0 radical (unpaired) electrons. The highest BCUT2D eigenvalue weighted by molar-refractivity contribution is 5.76. The maximum absolute atomic E-state index is 12.8. The minimum absolute atomic E-state index is 0.0502. The van der Waals surface area contributed by atoms with Crippen LogP contribution < -0.4 is 14.8 Å². The van der Waals surface area contributed by atoms with Crippen LogP contribution in [0, 0.1) is 0 Å². The van der Waals surface area contributed by atoms with Crippen LogP contribution in [0.15, 0.2) is 72.8 Å². The van der Waals surface area contributed by atoms with Crippen LogP contribution in [-0.4, -0.2) is 65.8 Å². The average molecular weight is 500 g/mol. The number of fused-ring (bicyclic) bond motifs is 1. The molecule has 8 heteroatoms. The summed E-state index contributed by atoms with van der Waals surface area (Å²) < 4.78 is 13.0. The molecule has 1 fully saturated rings. The molecule has 0 atom stereocenters. The van der Waals surface area contributed by atoms with E-state index in [9.17, 15) is 4.79 Å². The minimum atomic E-state index is -0.0502. The second-order valence-corrected chi connectivity index (χ2v) is 9.20. The Balaban J connectivity index is 1.19. The number of methoxy groups -OCH3 is 2. The predicted molar refractivity (Wildman–Crippen MR) is 144 cm³/mol. The molecular formula is C29H33N5O3. The SMILES string of the molecule is COc1ccc(CNC(=O)N2CCN(Cc3nc4ccccc4n3Cc3ccccc3)CC2)cc1OC. The molecule has 0 unspecified atom stereocenters. The number of amides is 2. The first-order valence-corrected chi connectivity index (χ1v) is 12.6. The molecule has 0 spiro atoms. The number of carbonyl (C=O) groups excluding carboxylic acids is 1. The van der Waals surface area contributed by atoms with Crippen molar-refractivity contribution in [2.24, 2.45) is 0 Å². The van der Waals surface area contributed by atoms with Gasteiger partial charge in [-0.3, -0.25) is 4.90 Å². The van der Waals surface area contributed by atoms with Gasteiger partial charge in [0.2, 0.25) is 0 Å². The van der Waals surface area contributed by atoms with Crippen molar-refractivity contribution in [1.82, 2.24) is 24.7 Å². The van der Waals surface area contributed by atoms with Crippen molar-refractivity contribution in [3.8, 4) is 11.5 Å². The molecule has 37 heavy (non-hydrogen) atoms. The van der Waals surface area contributed by atoms with Gasteiger partial charge in [0.15, 0.2) is 11.5 Å². The van der Waals surface area contributed by atoms with E-state index in [1.807, 2.05) is 35.2 Å². The predicted octanol–water partition coefficient (Wildman–Crippen LogP) is 4.13. The lowest BCUT2D eigenvalue weighted by Gasteiger charge is -2.34. The zero-order valence-corrected chi connectivity index (χ0v) is 21.4. The Bertz CT molecular complexity index is 1350. The van der Waals surface area contributed by atoms with Gasteiger partial charge in [-0.15, -0.1) is 0 Å². The van der Waals surface area contributed by atoms with E-state index in [0.717, 1.165) is 48.6 Å². The standard InChI is InChI=1S/C29H33N5O3/c1-36-26-13-12-23(18-27(26)37-2)19-30-29(35)33-16-14-32(15-17-33)21-28-31-24-10-6-7-11-25(24)34(28)20-22-8-4-3-5-9-22/h3-13,18H,14-17,19-21H2,1-2H3,(H,30,35). The highest BCUT2D eigenvalue weighted by atomic mass is 16.5. The molecule has 0 bridgehead atoms. The number of nitrogens with zero attached hydrogens (tertiary/aromatic N) is 4. The van der Waals surface area contributed by atoms with Gasteiger partial charge in [-0.05, 0) is 35.4 Å².